The fourth-order valence-electron chi connectivity index (χ4n) is 3.96. The number of aromatic nitrogens is 2. The summed E-state index contributed by atoms with van der Waals surface area (Å²) in [5.74, 6) is -1.39. The lowest BCUT2D eigenvalue weighted by molar-refractivity contribution is -0.136. The second-order valence-corrected chi connectivity index (χ2v) is 9.69. The second-order valence-electron chi connectivity index (χ2n) is 8.82. The number of carbonyl (C=O) groups excluding carboxylic acids is 1. The number of amides is 1. The van der Waals surface area contributed by atoms with Crippen molar-refractivity contribution < 1.29 is 27.9 Å². The van der Waals surface area contributed by atoms with Crippen LogP contribution in [0.2, 0.25) is 10.0 Å². The maximum Gasteiger partial charge on any atom is 0.393 e. The number of hydrogen-bond acceptors (Lipinski definition) is 3. The van der Waals surface area contributed by atoms with Gasteiger partial charge in [-0.1, -0.05) is 59.6 Å². The lowest BCUT2D eigenvalue weighted by atomic mass is 10.1. The Morgan fingerprint density at radius 3 is 2.08 bits per heavy atom. The molecule has 39 heavy (non-hydrogen) atoms. The van der Waals surface area contributed by atoms with Gasteiger partial charge in [0.25, 0.3) is 5.91 Å². The van der Waals surface area contributed by atoms with Gasteiger partial charge < -0.3 is 10.4 Å². The minimum atomic E-state index is -4.30. The van der Waals surface area contributed by atoms with E-state index in [1.54, 1.807) is 59.3 Å². The van der Waals surface area contributed by atoms with Gasteiger partial charge in [0, 0.05) is 27.7 Å². The summed E-state index contributed by atoms with van der Waals surface area (Å²) in [6, 6.07) is 19.7. The monoisotopic (exact) mass is 575 g/mol. The molecule has 1 aromatic heterocycles. The van der Waals surface area contributed by atoms with E-state index in [9.17, 15) is 22.8 Å². The van der Waals surface area contributed by atoms with Crippen LogP contribution in [0, 0.1) is 0 Å². The number of aliphatic carboxylic acids is 1. The van der Waals surface area contributed by atoms with E-state index in [2.05, 4.69) is 5.32 Å². The topological polar surface area (TPSA) is 84.2 Å². The number of alkyl halides is 3. The largest absolute Gasteiger partial charge is 0.481 e. The number of nitrogens with one attached hydrogen (secondary N) is 1. The van der Waals surface area contributed by atoms with Gasteiger partial charge in [0.05, 0.1) is 30.8 Å². The van der Waals surface area contributed by atoms with Crippen LogP contribution in [0.4, 0.5) is 13.2 Å². The first kappa shape index (κ1) is 28.2. The zero-order chi connectivity index (χ0) is 28.2. The fraction of sp³-hybridized carbons (Fsp3) is 0.179. The van der Waals surface area contributed by atoms with Gasteiger partial charge in [-0.2, -0.15) is 18.3 Å². The Kier molecular flexibility index (Phi) is 8.62. The van der Waals surface area contributed by atoms with Crippen molar-refractivity contribution in [1.29, 1.82) is 0 Å². The minimum absolute atomic E-state index is 0.0185. The van der Waals surface area contributed by atoms with E-state index in [1.807, 2.05) is 6.07 Å². The highest BCUT2D eigenvalue weighted by Gasteiger charge is 2.27. The molecule has 0 saturated carbocycles. The van der Waals surface area contributed by atoms with Gasteiger partial charge in [-0.3, -0.25) is 14.3 Å². The van der Waals surface area contributed by atoms with Crippen LogP contribution >= 0.6 is 23.2 Å². The highest BCUT2D eigenvalue weighted by atomic mass is 35.5. The molecule has 3 aromatic carbocycles. The van der Waals surface area contributed by atoms with Crippen LogP contribution in [0.15, 0.2) is 72.8 Å². The molecule has 0 unspecified atom stereocenters. The maximum absolute atomic E-state index is 12.8. The predicted molar refractivity (Wildman–Crippen MR) is 143 cm³/mol. The quantitative estimate of drug-likeness (QED) is 0.228. The zero-order valence-corrected chi connectivity index (χ0v) is 21.8. The van der Waals surface area contributed by atoms with Crippen molar-refractivity contribution in [2.45, 2.75) is 25.6 Å². The third-order valence-electron chi connectivity index (χ3n) is 5.77. The van der Waals surface area contributed by atoms with Gasteiger partial charge in [0.2, 0.25) is 0 Å². The molecular formula is C28H22Cl2F3N3O3. The van der Waals surface area contributed by atoms with E-state index in [0.29, 0.717) is 44.7 Å². The molecule has 4 rings (SSSR count). The first-order valence-corrected chi connectivity index (χ1v) is 12.5. The molecule has 0 spiro atoms. The molecule has 0 atom stereocenters. The molecular weight excluding hydrogens is 554 g/mol. The van der Waals surface area contributed by atoms with Crippen LogP contribution in [-0.2, 0) is 17.8 Å². The van der Waals surface area contributed by atoms with Crippen molar-refractivity contribution >= 4 is 35.1 Å². The minimum Gasteiger partial charge on any atom is -0.481 e. The van der Waals surface area contributed by atoms with E-state index >= 15 is 0 Å². The normalized spacial score (nSPS) is 11.4. The van der Waals surface area contributed by atoms with Gasteiger partial charge in [-0.15, -0.1) is 0 Å². The molecule has 1 amide bonds. The third-order valence-corrected chi connectivity index (χ3v) is 6.20. The summed E-state index contributed by atoms with van der Waals surface area (Å²) < 4.78 is 40.2. The molecule has 4 aromatic rings. The molecule has 0 saturated heterocycles. The Morgan fingerprint density at radius 2 is 1.49 bits per heavy atom. The first-order valence-electron chi connectivity index (χ1n) is 11.8. The van der Waals surface area contributed by atoms with Gasteiger partial charge in [-0.25, -0.2) is 0 Å². The Labute approximate surface area is 232 Å². The predicted octanol–water partition coefficient (Wildman–Crippen LogP) is 6.88. The lowest BCUT2D eigenvalue weighted by Gasteiger charge is -2.10. The number of carbonyl (C=O) groups is 2. The molecule has 0 radical (unpaired) electrons. The Hall–Kier alpha value is -3.82. The van der Waals surface area contributed by atoms with Gasteiger partial charge in [0.15, 0.2) is 0 Å². The molecule has 0 fully saturated rings. The number of benzene rings is 3. The maximum atomic E-state index is 12.8. The van der Waals surface area contributed by atoms with E-state index in [4.69, 9.17) is 33.4 Å². The SMILES string of the molecule is O=C(O)CCNC(=O)c1ccc(Cn2nc(-c3cc(Cl)cc(Cl)c3)cc2-c2ccc(CC(F)(F)F)cc2)cc1. The van der Waals surface area contributed by atoms with Crippen LogP contribution in [-0.4, -0.2) is 39.5 Å². The first-order chi connectivity index (χ1) is 18.5. The molecule has 202 valence electrons. The molecule has 1 heterocycles. The number of halogens is 5. The van der Waals surface area contributed by atoms with Crippen molar-refractivity contribution in [3.8, 4) is 22.5 Å². The number of rotatable bonds is 9. The van der Waals surface area contributed by atoms with Gasteiger partial charge in [-0.05, 0) is 53.1 Å². The summed E-state index contributed by atoms with van der Waals surface area (Å²) in [6.45, 7) is 0.319. The summed E-state index contributed by atoms with van der Waals surface area (Å²) in [4.78, 5) is 22.9. The fourth-order valence-corrected chi connectivity index (χ4v) is 4.48. The van der Waals surface area contributed by atoms with Crippen molar-refractivity contribution in [2.24, 2.45) is 0 Å². The van der Waals surface area contributed by atoms with Crippen LogP contribution in [0.25, 0.3) is 22.5 Å². The van der Waals surface area contributed by atoms with Crippen LogP contribution < -0.4 is 5.32 Å². The number of carboxylic acids is 1. The lowest BCUT2D eigenvalue weighted by Crippen LogP contribution is -2.25. The summed E-state index contributed by atoms with van der Waals surface area (Å²) in [5.41, 5.74) is 3.91. The van der Waals surface area contributed by atoms with Crippen LogP contribution in [0.1, 0.15) is 27.9 Å². The van der Waals surface area contributed by atoms with Gasteiger partial charge in [0.1, 0.15) is 0 Å². The summed E-state index contributed by atoms with van der Waals surface area (Å²) >= 11 is 12.4. The second kappa shape index (κ2) is 11.9. The van der Waals surface area contributed by atoms with E-state index in [-0.39, 0.29) is 24.4 Å². The number of hydrogen-bond donors (Lipinski definition) is 2. The average molecular weight is 576 g/mol. The van der Waals surface area contributed by atoms with Crippen LogP contribution in [0.3, 0.4) is 0 Å². The van der Waals surface area contributed by atoms with Crippen molar-refractivity contribution in [3.05, 3.63) is 99.5 Å². The van der Waals surface area contributed by atoms with E-state index in [1.165, 1.54) is 12.1 Å². The van der Waals surface area contributed by atoms with Gasteiger partial charge >= 0.3 is 12.1 Å². The zero-order valence-electron chi connectivity index (χ0n) is 20.3. The van der Waals surface area contributed by atoms with Crippen molar-refractivity contribution in [1.82, 2.24) is 15.1 Å². The molecule has 2 N–H and O–H groups in total. The van der Waals surface area contributed by atoms with E-state index in [0.717, 1.165) is 5.56 Å². The standard InChI is InChI=1S/C28H22Cl2F3N3O3/c29-22-11-21(12-23(30)13-22)24-14-25(19-5-1-17(2-6-19)15-28(31,32)33)36(35-24)16-18-3-7-20(8-4-18)27(39)34-10-9-26(37)38/h1-8,11-14H,9-10,15-16H2,(H,34,39)(H,37,38). The van der Waals surface area contributed by atoms with Crippen LogP contribution in [0.5, 0.6) is 0 Å². The molecule has 11 heteroatoms. The average Bonchev–Trinajstić information content (AvgIpc) is 3.27. The Balaban J connectivity index is 1.63. The molecule has 6 nitrogen and oxygen atoms in total. The number of carboxylic acid groups (broad SMARTS) is 1. The molecule has 0 bridgehead atoms. The number of nitrogens with zero attached hydrogens (tertiary/aromatic N) is 2. The van der Waals surface area contributed by atoms with E-state index < -0.39 is 18.6 Å². The molecule has 0 aliphatic heterocycles. The summed E-state index contributed by atoms with van der Waals surface area (Å²) in [6.07, 6.45) is -5.50. The summed E-state index contributed by atoms with van der Waals surface area (Å²) in [5, 5.41) is 16.9. The van der Waals surface area contributed by atoms with Crippen molar-refractivity contribution in [3.63, 3.8) is 0 Å². The summed E-state index contributed by atoms with van der Waals surface area (Å²) in [7, 11) is 0. The smallest absolute Gasteiger partial charge is 0.393 e. The van der Waals surface area contributed by atoms with Crippen molar-refractivity contribution in [2.75, 3.05) is 6.54 Å². The highest BCUT2D eigenvalue weighted by molar-refractivity contribution is 6.35. The Bertz CT molecular complexity index is 1460. The highest BCUT2D eigenvalue weighted by Crippen LogP contribution is 2.31. The Morgan fingerprint density at radius 1 is 0.872 bits per heavy atom. The molecule has 0 aliphatic carbocycles. The molecule has 0 aliphatic rings. The third kappa shape index (κ3) is 7.84.